The Morgan fingerprint density at radius 3 is 2.23 bits per heavy atom. The van der Waals surface area contributed by atoms with Crippen LogP contribution in [0.3, 0.4) is 0 Å². The van der Waals surface area contributed by atoms with Crippen molar-refractivity contribution in [3.63, 3.8) is 0 Å². The van der Waals surface area contributed by atoms with E-state index in [1.54, 1.807) is 43.3 Å². The molecule has 0 bridgehead atoms. The summed E-state index contributed by atoms with van der Waals surface area (Å²) in [7, 11) is -0.340. The van der Waals surface area contributed by atoms with Crippen molar-refractivity contribution in [1.82, 2.24) is 4.90 Å². The maximum atomic E-state index is 12.7. The molecule has 3 aromatic rings. The summed E-state index contributed by atoms with van der Waals surface area (Å²) < 4.78 is 32.2. The molecule has 0 fully saturated rings. The van der Waals surface area contributed by atoms with E-state index in [0.29, 0.717) is 17.8 Å². The molecule has 3 rings (SSSR count). The highest BCUT2D eigenvalue weighted by atomic mass is 32.2. The van der Waals surface area contributed by atoms with Gasteiger partial charge in [-0.3, -0.25) is 9.52 Å². The maximum absolute atomic E-state index is 12.7. The number of sulfonamides is 1. The van der Waals surface area contributed by atoms with Crippen LogP contribution < -0.4 is 9.46 Å². The van der Waals surface area contributed by atoms with Gasteiger partial charge in [0, 0.05) is 24.8 Å². The third-order valence-corrected chi connectivity index (χ3v) is 5.57. The van der Waals surface area contributed by atoms with E-state index in [-0.39, 0.29) is 5.91 Å². The van der Waals surface area contributed by atoms with Gasteiger partial charge in [0.2, 0.25) is 0 Å². The van der Waals surface area contributed by atoms with Crippen LogP contribution in [0.25, 0.3) is 6.08 Å². The van der Waals surface area contributed by atoms with Gasteiger partial charge in [0.1, 0.15) is 5.75 Å². The molecule has 160 valence electrons. The highest BCUT2D eigenvalue weighted by molar-refractivity contribution is 7.95. The Labute approximate surface area is 182 Å². The van der Waals surface area contributed by atoms with Crippen LogP contribution >= 0.6 is 0 Å². The average Bonchev–Trinajstić information content (AvgIpc) is 2.79. The molecule has 0 aliphatic rings. The Balaban J connectivity index is 1.61. The van der Waals surface area contributed by atoms with Gasteiger partial charge in [-0.15, -0.1) is 0 Å². The quantitative estimate of drug-likeness (QED) is 0.569. The number of methoxy groups -OCH3 is 1. The summed E-state index contributed by atoms with van der Waals surface area (Å²) >= 11 is 0. The number of nitrogens with one attached hydrogen (secondary N) is 1. The summed E-state index contributed by atoms with van der Waals surface area (Å²) in [4.78, 5) is 14.3. The van der Waals surface area contributed by atoms with Gasteiger partial charge < -0.3 is 9.64 Å². The van der Waals surface area contributed by atoms with E-state index in [4.69, 9.17) is 4.74 Å². The van der Waals surface area contributed by atoms with Crippen molar-refractivity contribution in [3.05, 3.63) is 101 Å². The molecule has 3 aromatic carbocycles. The molecule has 1 amide bonds. The second-order valence-electron chi connectivity index (χ2n) is 6.95. The second-order valence-corrected chi connectivity index (χ2v) is 8.51. The van der Waals surface area contributed by atoms with Crippen LogP contribution in [0, 0.1) is 0 Å². The number of rotatable bonds is 8. The lowest BCUT2D eigenvalue weighted by molar-refractivity contribution is 0.0785. The predicted octanol–water partition coefficient (Wildman–Crippen LogP) is 4.38. The molecule has 0 saturated heterocycles. The fourth-order valence-corrected chi connectivity index (χ4v) is 3.78. The zero-order valence-corrected chi connectivity index (χ0v) is 18.2. The number of anilines is 1. The largest absolute Gasteiger partial charge is 0.497 e. The summed E-state index contributed by atoms with van der Waals surface area (Å²) in [6.07, 6.45) is 1.52. The lowest BCUT2D eigenvalue weighted by Crippen LogP contribution is -2.26. The Morgan fingerprint density at radius 2 is 1.61 bits per heavy atom. The monoisotopic (exact) mass is 436 g/mol. The second kappa shape index (κ2) is 9.95. The summed E-state index contributed by atoms with van der Waals surface area (Å²) in [5, 5.41) is 1.12. The molecule has 0 radical (unpaired) electrons. The summed E-state index contributed by atoms with van der Waals surface area (Å²) in [5.74, 6) is 0.601. The van der Waals surface area contributed by atoms with Crippen LogP contribution in [-0.2, 0) is 16.6 Å². The molecule has 0 spiro atoms. The number of carbonyl (C=O) groups excluding carboxylic acids is 1. The van der Waals surface area contributed by atoms with Crippen molar-refractivity contribution in [2.75, 3.05) is 18.9 Å². The van der Waals surface area contributed by atoms with Crippen molar-refractivity contribution in [2.45, 2.75) is 6.54 Å². The van der Waals surface area contributed by atoms with Gasteiger partial charge in [-0.25, -0.2) is 8.42 Å². The number of ether oxygens (including phenoxy) is 1. The molecule has 0 aliphatic carbocycles. The van der Waals surface area contributed by atoms with E-state index < -0.39 is 10.0 Å². The lowest BCUT2D eigenvalue weighted by atomic mass is 10.1. The summed E-state index contributed by atoms with van der Waals surface area (Å²) in [5.41, 5.74) is 2.62. The number of amides is 1. The molecule has 0 saturated carbocycles. The smallest absolute Gasteiger partial charge is 0.255 e. The Bertz CT molecular complexity index is 1140. The maximum Gasteiger partial charge on any atom is 0.255 e. The first-order valence-corrected chi connectivity index (χ1v) is 11.2. The highest BCUT2D eigenvalue weighted by Gasteiger charge is 2.13. The number of nitrogens with zero attached hydrogens (tertiary/aromatic N) is 1. The lowest BCUT2D eigenvalue weighted by Gasteiger charge is -2.18. The van der Waals surface area contributed by atoms with Crippen molar-refractivity contribution < 1.29 is 17.9 Å². The van der Waals surface area contributed by atoms with E-state index in [1.807, 2.05) is 54.6 Å². The van der Waals surface area contributed by atoms with Gasteiger partial charge in [0.15, 0.2) is 0 Å². The van der Waals surface area contributed by atoms with Gasteiger partial charge >= 0.3 is 0 Å². The minimum atomic E-state index is -3.66. The number of benzene rings is 3. The van der Waals surface area contributed by atoms with E-state index in [2.05, 4.69) is 4.72 Å². The third-order valence-electron chi connectivity index (χ3n) is 4.56. The van der Waals surface area contributed by atoms with Gasteiger partial charge in [0.25, 0.3) is 15.9 Å². The molecular weight excluding hydrogens is 412 g/mol. The molecule has 0 unspecified atom stereocenters. The summed E-state index contributed by atoms with van der Waals surface area (Å²) in [6.45, 7) is 0.446. The SMILES string of the molecule is COc1ccc(CN(C)C(=O)c2ccc(NS(=O)(=O)/C=C/c3ccccc3)cc2)cc1. The van der Waals surface area contributed by atoms with E-state index in [0.717, 1.165) is 22.3 Å². The van der Waals surface area contributed by atoms with E-state index in [9.17, 15) is 13.2 Å². The van der Waals surface area contributed by atoms with Crippen molar-refractivity contribution >= 4 is 27.7 Å². The van der Waals surface area contributed by atoms with Crippen LogP contribution in [0.1, 0.15) is 21.5 Å². The molecule has 0 aliphatic heterocycles. The molecule has 31 heavy (non-hydrogen) atoms. The van der Waals surface area contributed by atoms with Gasteiger partial charge in [-0.05, 0) is 53.6 Å². The molecule has 0 aromatic heterocycles. The molecule has 1 N–H and O–H groups in total. The van der Waals surface area contributed by atoms with Crippen LogP contribution in [0.2, 0.25) is 0 Å². The van der Waals surface area contributed by atoms with E-state index in [1.165, 1.54) is 6.08 Å². The fourth-order valence-electron chi connectivity index (χ4n) is 2.91. The predicted molar refractivity (Wildman–Crippen MR) is 123 cm³/mol. The number of carbonyl (C=O) groups is 1. The van der Waals surface area contributed by atoms with Crippen LogP contribution in [-0.4, -0.2) is 33.4 Å². The van der Waals surface area contributed by atoms with Crippen molar-refractivity contribution in [2.24, 2.45) is 0 Å². The number of hydrogen-bond acceptors (Lipinski definition) is 4. The standard InChI is InChI=1S/C24H24N2O4S/c1-26(18-20-8-14-23(30-2)15-9-20)24(27)21-10-12-22(13-11-21)25-31(28,29)17-16-19-6-4-3-5-7-19/h3-17,25H,18H2,1-2H3/b17-16+. The molecular formula is C24H24N2O4S. The fraction of sp³-hybridized carbons (Fsp3) is 0.125. The molecule has 7 heteroatoms. The van der Waals surface area contributed by atoms with Crippen molar-refractivity contribution in [1.29, 1.82) is 0 Å². The zero-order chi connectivity index (χ0) is 22.3. The normalized spacial score (nSPS) is 11.3. The zero-order valence-electron chi connectivity index (χ0n) is 17.4. The topological polar surface area (TPSA) is 75.7 Å². The van der Waals surface area contributed by atoms with Crippen LogP contribution in [0.5, 0.6) is 5.75 Å². The molecule has 0 atom stereocenters. The van der Waals surface area contributed by atoms with Crippen molar-refractivity contribution in [3.8, 4) is 5.75 Å². The van der Waals surface area contributed by atoms with Crippen LogP contribution in [0.4, 0.5) is 5.69 Å². The van der Waals surface area contributed by atoms with Gasteiger partial charge in [-0.2, -0.15) is 0 Å². The first-order chi connectivity index (χ1) is 14.9. The first-order valence-electron chi connectivity index (χ1n) is 9.61. The third kappa shape index (κ3) is 6.45. The average molecular weight is 437 g/mol. The minimum absolute atomic E-state index is 0.158. The highest BCUT2D eigenvalue weighted by Crippen LogP contribution is 2.16. The van der Waals surface area contributed by atoms with Crippen LogP contribution in [0.15, 0.2) is 84.3 Å². The van der Waals surface area contributed by atoms with E-state index >= 15 is 0 Å². The number of hydrogen-bond donors (Lipinski definition) is 1. The minimum Gasteiger partial charge on any atom is -0.497 e. The molecule has 6 nitrogen and oxygen atoms in total. The Hall–Kier alpha value is -3.58. The Kier molecular flexibility index (Phi) is 7.10. The Morgan fingerprint density at radius 1 is 0.968 bits per heavy atom. The first kappa shape index (κ1) is 22.1. The van der Waals surface area contributed by atoms with Gasteiger partial charge in [-0.1, -0.05) is 42.5 Å². The summed E-state index contributed by atoms with van der Waals surface area (Å²) in [6, 6.07) is 23.0. The van der Waals surface area contributed by atoms with Gasteiger partial charge in [0.05, 0.1) is 12.5 Å². The molecule has 0 heterocycles.